The van der Waals surface area contributed by atoms with E-state index in [4.69, 9.17) is 5.11 Å². The fourth-order valence-corrected chi connectivity index (χ4v) is 7.37. The molecule has 0 radical (unpaired) electrons. The van der Waals surface area contributed by atoms with Crippen LogP contribution in [0, 0.1) is 0 Å². The first-order valence-corrected chi connectivity index (χ1v) is 21.4. The number of aliphatic hydroxyl groups excluding tert-OH is 2. The van der Waals surface area contributed by atoms with Gasteiger partial charge in [0.2, 0.25) is 0 Å². The minimum atomic E-state index is 0.204. The molecule has 0 aromatic heterocycles. The van der Waals surface area contributed by atoms with Crippen molar-refractivity contribution in [1.29, 1.82) is 0 Å². The van der Waals surface area contributed by atoms with Crippen molar-refractivity contribution < 1.29 is 10.2 Å². The van der Waals surface area contributed by atoms with Crippen molar-refractivity contribution in [1.82, 2.24) is 10.6 Å². The van der Waals surface area contributed by atoms with E-state index in [1.807, 2.05) is 0 Å². The van der Waals surface area contributed by atoms with Crippen LogP contribution < -0.4 is 10.6 Å². The number of nitrogens with one attached hydrogen (secondary N) is 2. The highest BCUT2D eigenvalue weighted by molar-refractivity contribution is 4.88. The van der Waals surface area contributed by atoms with Crippen LogP contribution in [-0.4, -0.2) is 48.6 Å². The van der Waals surface area contributed by atoms with E-state index in [2.05, 4.69) is 24.5 Å². The molecule has 0 rings (SSSR count). The van der Waals surface area contributed by atoms with E-state index in [0.29, 0.717) is 6.54 Å². The van der Waals surface area contributed by atoms with E-state index in [0.717, 1.165) is 13.1 Å². The van der Waals surface area contributed by atoms with E-state index in [1.165, 1.54) is 218 Å². The number of hydrogen-bond acceptors (Lipinski definition) is 4. The van der Waals surface area contributed by atoms with Crippen LogP contribution in [0.25, 0.3) is 0 Å². The van der Waals surface area contributed by atoms with Crippen LogP contribution in [0.1, 0.15) is 232 Å². The molecule has 0 spiro atoms. The topological polar surface area (TPSA) is 64.5 Å². The lowest BCUT2D eigenvalue weighted by Crippen LogP contribution is -2.46. The Morgan fingerprint density at radius 3 is 0.913 bits per heavy atom. The summed E-state index contributed by atoms with van der Waals surface area (Å²) in [6.07, 6.45) is 47.1. The minimum absolute atomic E-state index is 0.204. The van der Waals surface area contributed by atoms with Crippen LogP contribution >= 0.6 is 0 Å². The highest BCUT2D eigenvalue weighted by atomic mass is 16.3. The van der Waals surface area contributed by atoms with Gasteiger partial charge in [-0.25, -0.2) is 0 Å². The SMILES string of the molecule is CCCCCCCCCCCCCCCCC(CCCCCCCCCCCCCCCC)(CCCCCNCCO)NCCO. The molecule has 0 fully saturated rings. The molecular formula is C42H88N2O2. The first-order chi connectivity index (χ1) is 22.7. The molecule has 4 heteroatoms. The number of hydrogen-bond donors (Lipinski definition) is 4. The van der Waals surface area contributed by atoms with Crippen molar-refractivity contribution in [3.8, 4) is 0 Å². The molecule has 278 valence electrons. The molecule has 0 saturated heterocycles. The molecule has 0 amide bonds. The number of aliphatic hydroxyl groups is 2. The fraction of sp³-hybridized carbons (Fsp3) is 1.00. The predicted molar refractivity (Wildman–Crippen MR) is 206 cm³/mol. The molecular weight excluding hydrogens is 564 g/mol. The van der Waals surface area contributed by atoms with Crippen LogP contribution in [0.5, 0.6) is 0 Å². The number of β-amino-alcohol motifs (C(OH)–C–C–N with tert-alkyl or cyclic N) is 1. The lowest BCUT2D eigenvalue weighted by molar-refractivity contribution is 0.206. The first-order valence-electron chi connectivity index (χ1n) is 21.4. The molecule has 0 atom stereocenters. The van der Waals surface area contributed by atoms with Gasteiger partial charge in [-0.2, -0.15) is 0 Å². The molecule has 0 saturated carbocycles. The zero-order valence-corrected chi connectivity index (χ0v) is 32.0. The lowest BCUT2D eigenvalue weighted by Gasteiger charge is -2.36. The second kappa shape index (κ2) is 39.3. The maximum Gasteiger partial charge on any atom is 0.0556 e. The van der Waals surface area contributed by atoms with E-state index in [1.54, 1.807) is 0 Å². The smallest absolute Gasteiger partial charge is 0.0556 e. The van der Waals surface area contributed by atoms with Crippen molar-refractivity contribution in [2.45, 2.75) is 238 Å². The van der Waals surface area contributed by atoms with Gasteiger partial charge in [0.1, 0.15) is 0 Å². The average Bonchev–Trinajstić information content (AvgIpc) is 3.07. The van der Waals surface area contributed by atoms with E-state index in [-0.39, 0.29) is 18.8 Å². The van der Waals surface area contributed by atoms with Crippen LogP contribution in [0.2, 0.25) is 0 Å². The highest BCUT2D eigenvalue weighted by Gasteiger charge is 2.27. The molecule has 4 nitrogen and oxygen atoms in total. The summed E-state index contributed by atoms with van der Waals surface area (Å²) >= 11 is 0. The fourth-order valence-electron chi connectivity index (χ4n) is 7.37. The zero-order valence-electron chi connectivity index (χ0n) is 32.0. The van der Waals surface area contributed by atoms with Crippen molar-refractivity contribution in [3.63, 3.8) is 0 Å². The van der Waals surface area contributed by atoms with Crippen molar-refractivity contribution >= 4 is 0 Å². The van der Waals surface area contributed by atoms with Gasteiger partial charge in [-0.1, -0.05) is 206 Å². The Balaban J connectivity index is 4.32. The van der Waals surface area contributed by atoms with E-state index >= 15 is 0 Å². The summed E-state index contributed by atoms with van der Waals surface area (Å²) in [6, 6.07) is 0. The Kier molecular flexibility index (Phi) is 39.1. The quantitative estimate of drug-likeness (QED) is 0.0496. The molecule has 0 unspecified atom stereocenters. The molecule has 4 N–H and O–H groups in total. The molecule has 0 aliphatic carbocycles. The Morgan fingerprint density at radius 1 is 0.326 bits per heavy atom. The maximum atomic E-state index is 9.72. The summed E-state index contributed by atoms with van der Waals surface area (Å²) in [5, 5.41) is 26.0. The van der Waals surface area contributed by atoms with Gasteiger partial charge in [0.05, 0.1) is 13.2 Å². The standard InChI is InChI=1S/C42H88N2O2/c1-3-5-7-9-11-13-15-17-19-21-23-25-27-30-34-42(44-39-41-46,36-32-29-33-37-43-38-40-45)35-31-28-26-24-22-20-18-16-14-12-10-8-6-4-2/h43-46H,3-41H2,1-2H3. The summed E-state index contributed by atoms with van der Waals surface area (Å²) in [5.74, 6) is 0. The molecule has 46 heavy (non-hydrogen) atoms. The van der Waals surface area contributed by atoms with Gasteiger partial charge < -0.3 is 20.8 Å². The number of rotatable bonds is 41. The van der Waals surface area contributed by atoms with Crippen molar-refractivity contribution in [3.05, 3.63) is 0 Å². The first kappa shape index (κ1) is 45.8. The second-order valence-electron chi connectivity index (χ2n) is 14.9. The van der Waals surface area contributed by atoms with Crippen LogP contribution in [-0.2, 0) is 0 Å². The zero-order chi connectivity index (χ0) is 33.5. The lowest BCUT2D eigenvalue weighted by atomic mass is 9.81. The number of unbranched alkanes of at least 4 members (excludes halogenated alkanes) is 28. The normalized spacial score (nSPS) is 12.0. The Hall–Kier alpha value is -0.160. The van der Waals surface area contributed by atoms with Gasteiger partial charge in [-0.15, -0.1) is 0 Å². The molecule has 0 aromatic rings. The molecule has 0 aliphatic heterocycles. The monoisotopic (exact) mass is 653 g/mol. The van der Waals surface area contributed by atoms with E-state index < -0.39 is 0 Å². The van der Waals surface area contributed by atoms with E-state index in [9.17, 15) is 5.11 Å². The third-order valence-electron chi connectivity index (χ3n) is 10.4. The summed E-state index contributed by atoms with van der Waals surface area (Å²) in [5.41, 5.74) is 0.204. The van der Waals surface area contributed by atoms with Crippen LogP contribution in [0.3, 0.4) is 0 Å². The van der Waals surface area contributed by atoms with Gasteiger partial charge in [0.25, 0.3) is 0 Å². The highest BCUT2D eigenvalue weighted by Crippen LogP contribution is 2.29. The Morgan fingerprint density at radius 2 is 0.609 bits per heavy atom. The Bertz CT molecular complexity index is 512. The van der Waals surface area contributed by atoms with Crippen LogP contribution in [0.4, 0.5) is 0 Å². The summed E-state index contributed by atoms with van der Waals surface area (Å²) in [4.78, 5) is 0. The van der Waals surface area contributed by atoms with Crippen LogP contribution in [0.15, 0.2) is 0 Å². The minimum Gasteiger partial charge on any atom is -0.395 e. The summed E-state index contributed by atoms with van der Waals surface area (Å²) in [7, 11) is 0. The van der Waals surface area contributed by atoms with Crippen molar-refractivity contribution in [2.75, 3.05) is 32.8 Å². The maximum absolute atomic E-state index is 9.72. The van der Waals surface area contributed by atoms with Gasteiger partial charge >= 0.3 is 0 Å². The third kappa shape index (κ3) is 33.7. The van der Waals surface area contributed by atoms with Gasteiger partial charge in [0.15, 0.2) is 0 Å². The van der Waals surface area contributed by atoms with Gasteiger partial charge in [-0.05, 0) is 32.2 Å². The Labute approximate surface area is 290 Å². The molecule has 0 bridgehead atoms. The van der Waals surface area contributed by atoms with Gasteiger partial charge in [-0.3, -0.25) is 0 Å². The largest absolute Gasteiger partial charge is 0.395 e. The van der Waals surface area contributed by atoms with Crippen molar-refractivity contribution in [2.24, 2.45) is 0 Å². The predicted octanol–water partition coefficient (Wildman–Crippen LogP) is 12.2. The second-order valence-corrected chi connectivity index (χ2v) is 14.9. The molecule has 0 aliphatic rings. The van der Waals surface area contributed by atoms with Gasteiger partial charge in [0, 0.05) is 18.6 Å². The average molecular weight is 653 g/mol. The molecule has 0 aromatic carbocycles. The summed E-state index contributed by atoms with van der Waals surface area (Å²) < 4.78 is 0. The molecule has 0 heterocycles. The third-order valence-corrected chi connectivity index (χ3v) is 10.4. The summed E-state index contributed by atoms with van der Waals surface area (Å²) in [6.45, 7) is 7.52.